The Morgan fingerprint density at radius 1 is 1.22 bits per heavy atom. The van der Waals surface area contributed by atoms with E-state index in [1.165, 1.54) is 6.92 Å². The highest BCUT2D eigenvalue weighted by Crippen LogP contribution is 2.28. The molecule has 3 aromatic rings. The number of nitrogens with one attached hydrogen (secondary N) is 1. The van der Waals surface area contributed by atoms with Crippen LogP contribution in [0.5, 0.6) is 0 Å². The monoisotopic (exact) mass is 397 g/mol. The van der Waals surface area contributed by atoms with E-state index in [0.717, 1.165) is 16.3 Å². The highest BCUT2D eigenvalue weighted by atomic mass is 35.5. The molecule has 0 aliphatic carbocycles. The second-order valence-electron chi connectivity index (χ2n) is 5.88. The van der Waals surface area contributed by atoms with Gasteiger partial charge in [0.1, 0.15) is 11.6 Å². The summed E-state index contributed by atoms with van der Waals surface area (Å²) in [5.74, 6) is -0.444. The number of hydrogen-bond acceptors (Lipinski definition) is 3. The summed E-state index contributed by atoms with van der Waals surface area (Å²) in [5, 5.41) is 10.3. The molecule has 0 atom stereocenters. The number of carbonyl (C=O) groups excluding carboxylic acids is 1. The van der Waals surface area contributed by atoms with Crippen molar-refractivity contribution in [3.8, 4) is 0 Å². The van der Waals surface area contributed by atoms with E-state index in [9.17, 15) is 18.0 Å². The maximum atomic E-state index is 12.7. The van der Waals surface area contributed by atoms with E-state index in [1.807, 2.05) is 30.3 Å². The lowest BCUT2D eigenvalue weighted by atomic mass is 10.2. The number of carbonyl (C=O) groups is 1. The van der Waals surface area contributed by atoms with E-state index < -0.39 is 17.8 Å². The summed E-state index contributed by atoms with van der Waals surface area (Å²) in [4.78, 5) is 12.2. The molecule has 142 valence electrons. The molecule has 0 aliphatic rings. The third-order valence-electron chi connectivity index (χ3n) is 3.73. The van der Waals surface area contributed by atoms with Crippen molar-refractivity contribution in [3.05, 3.63) is 64.6 Å². The number of benzene rings is 1. The summed E-state index contributed by atoms with van der Waals surface area (Å²) >= 11 is 6.08. The van der Waals surface area contributed by atoms with Crippen LogP contribution in [-0.4, -0.2) is 25.5 Å². The van der Waals surface area contributed by atoms with Gasteiger partial charge in [-0.15, -0.1) is 0 Å². The van der Waals surface area contributed by atoms with Gasteiger partial charge in [0.2, 0.25) is 5.91 Å². The molecule has 2 aromatic heterocycles. The fourth-order valence-corrected chi connectivity index (χ4v) is 2.65. The van der Waals surface area contributed by atoms with Gasteiger partial charge in [0, 0.05) is 11.9 Å². The van der Waals surface area contributed by atoms with Crippen LogP contribution in [0.3, 0.4) is 0 Å². The van der Waals surface area contributed by atoms with Crippen LogP contribution in [0.25, 0.3) is 0 Å². The first-order chi connectivity index (χ1) is 12.7. The van der Waals surface area contributed by atoms with Crippen LogP contribution in [0.15, 0.2) is 42.6 Å². The molecule has 27 heavy (non-hydrogen) atoms. The van der Waals surface area contributed by atoms with Crippen LogP contribution in [0.4, 0.5) is 19.0 Å². The number of halogens is 4. The molecule has 1 aromatic carbocycles. The molecule has 0 bridgehead atoms. The van der Waals surface area contributed by atoms with Crippen molar-refractivity contribution in [2.24, 2.45) is 0 Å². The second-order valence-corrected chi connectivity index (χ2v) is 6.29. The van der Waals surface area contributed by atoms with E-state index in [4.69, 9.17) is 11.6 Å². The van der Waals surface area contributed by atoms with Crippen LogP contribution in [0.1, 0.15) is 17.0 Å². The fraction of sp³-hybridized carbons (Fsp3) is 0.235. The molecule has 0 saturated carbocycles. The van der Waals surface area contributed by atoms with Gasteiger partial charge < -0.3 is 5.32 Å². The summed E-state index contributed by atoms with van der Waals surface area (Å²) in [6.07, 6.45) is -3.00. The quantitative estimate of drug-likeness (QED) is 0.713. The molecule has 10 heteroatoms. The van der Waals surface area contributed by atoms with Gasteiger partial charge in [-0.05, 0) is 18.6 Å². The van der Waals surface area contributed by atoms with Gasteiger partial charge in [0.05, 0.1) is 6.54 Å². The average Bonchev–Trinajstić information content (AvgIpc) is 3.11. The van der Waals surface area contributed by atoms with Crippen LogP contribution < -0.4 is 5.32 Å². The normalized spacial score (nSPS) is 11.6. The predicted octanol–water partition coefficient (Wildman–Crippen LogP) is 3.75. The Hall–Kier alpha value is -2.81. The largest absolute Gasteiger partial charge is 0.435 e. The van der Waals surface area contributed by atoms with Crippen molar-refractivity contribution >= 4 is 23.3 Å². The zero-order valence-corrected chi connectivity index (χ0v) is 14.9. The Labute approximate surface area is 157 Å². The Bertz CT molecular complexity index is 949. The molecular formula is C17H15ClF3N5O. The van der Waals surface area contributed by atoms with Crippen molar-refractivity contribution in [1.29, 1.82) is 0 Å². The molecule has 6 nitrogen and oxygen atoms in total. The Morgan fingerprint density at radius 2 is 1.93 bits per heavy atom. The number of alkyl halides is 3. The van der Waals surface area contributed by atoms with E-state index >= 15 is 0 Å². The molecule has 0 aliphatic heterocycles. The molecule has 3 rings (SSSR count). The Balaban J connectivity index is 1.67. The molecule has 0 unspecified atom stereocenters. The predicted molar refractivity (Wildman–Crippen MR) is 93.4 cm³/mol. The molecular weight excluding hydrogens is 383 g/mol. The zero-order valence-electron chi connectivity index (χ0n) is 14.2. The van der Waals surface area contributed by atoms with Crippen LogP contribution in [-0.2, 0) is 24.1 Å². The Kier molecular flexibility index (Phi) is 5.22. The molecule has 2 heterocycles. The number of anilines is 1. The number of aryl methyl sites for hydroxylation is 1. The van der Waals surface area contributed by atoms with Gasteiger partial charge >= 0.3 is 6.18 Å². The summed E-state index contributed by atoms with van der Waals surface area (Å²) in [7, 11) is 0. The summed E-state index contributed by atoms with van der Waals surface area (Å²) in [6.45, 7) is 1.52. The number of hydrogen-bond donors (Lipinski definition) is 1. The first-order valence-electron chi connectivity index (χ1n) is 7.91. The molecule has 0 fully saturated rings. The molecule has 1 amide bonds. The molecule has 1 N–H and O–H groups in total. The van der Waals surface area contributed by atoms with E-state index in [0.29, 0.717) is 6.54 Å². The standard InChI is InChI=1S/C17H15ClF3N5O/c1-11-7-14(17(19,20)21)23-26(11)10-15(27)22-16-13(18)9-25(24-16)8-12-5-3-2-4-6-12/h2-7,9H,8,10H2,1H3,(H,22,24,27). The number of amides is 1. The first kappa shape index (κ1) is 19.0. The van der Waals surface area contributed by atoms with Gasteiger partial charge in [-0.25, -0.2) is 0 Å². The maximum absolute atomic E-state index is 12.7. The van der Waals surface area contributed by atoms with Crippen LogP contribution in [0, 0.1) is 6.92 Å². The van der Waals surface area contributed by atoms with Crippen molar-refractivity contribution in [3.63, 3.8) is 0 Å². The van der Waals surface area contributed by atoms with Crippen molar-refractivity contribution < 1.29 is 18.0 Å². The third kappa shape index (κ3) is 4.68. The smallest absolute Gasteiger partial charge is 0.306 e. The zero-order chi connectivity index (χ0) is 19.6. The fourth-order valence-electron chi connectivity index (χ4n) is 2.45. The lowest BCUT2D eigenvalue weighted by Crippen LogP contribution is -2.21. The van der Waals surface area contributed by atoms with Gasteiger partial charge in [0.15, 0.2) is 11.5 Å². The topological polar surface area (TPSA) is 64.7 Å². The molecule has 0 radical (unpaired) electrons. The highest BCUT2D eigenvalue weighted by Gasteiger charge is 2.34. The van der Waals surface area contributed by atoms with E-state index in [1.54, 1.807) is 10.9 Å². The minimum Gasteiger partial charge on any atom is -0.306 e. The number of nitrogens with zero attached hydrogens (tertiary/aromatic N) is 4. The average molecular weight is 398 g/mol. The minimum atomic E-state index is -4.56. The number of aromatic nitrogens is 4. The second kappa shape index (κ2) is 7.43. The lowest BCUT2D eigenvalue weighted by Gasteiger charge is -2.05. The lowest BCUT2D eigenvalue weighted by molar-refractivity contribution is -0.141. The summed E-state index contributed by atoms with van der Waals surface area (Å²) in [6, 6.07) is 10.4. The minimum absolute atomic E-state index is 0.137. The van der Waals surface area contributed by atoms with Gasteiger partial charge in [-0.3, -0.25) is 14.2 Å². The van der Waals surface area contributed by atoms with Crippen molar-refractivity contribution in [2.45, 2.75) is 26.2 Å². The van der Waals surface area contributed by atoms with Crippen LogP contribution in [0.2, 0.25) is 5.02 Å². The maximum Gasteiger partial charge on any atom is 0.435 e. The van der Waals surface area contributed by atoms with Crippen LogP contribution >= 0.6 is 11.6 Å². The van der Waals surface area contributed by atoms with Gasteiger partial charge in [-0.2, -0.15) is 23.4 Å². The van der Waals surface area contributed by atoms with E-state index in [2.05, 4.69) is 15.5 Å². The van der Waals surface area contributed by atoms with Crippen molar-refractivity contribution in [1.82, 2.24) is 19.6 Å². The molecule has 0 saturated heterocycles. The van der Waals surface area contributed by atoms with Gasteiger partial charge in [0.25, 0.3) is 0 Å². The highest BCUT2D eigenvalue weighted by molar-refractivity contribution is 6.33. The summed E-state index contributed by atoms with van der Waals surface area (Å²) in [5.41, 5.74) is 0.178. The molecule has 0 spiro atoms. The third-order valence-corrected chi connectivity index (χ3v) is 4.00. The van der Waals surface area contributed by atoms with Gasteiger partial charge in [-0.1, -0.05) is 41.9 Å². The summed E-state index contributed by atoms with van der Waals surface area (Å²) < 4.78 is 40.6. The van der Waals surface area contributed by atoms with E-state index in [-0.39, 0.29) is 23.1 Å². The SMILES string of the molecule is Cc1cc(C(F)(F)F)nn1CC(=O)Nc1nn(Cc2ccccc2)cc1Cl. The number of rotatable bonds is 5. The Morgan fingerprint density at radius 3 is 2.56 bits per heavy atom. The van der Waals surface area contributed by atoms with Crippen molar-refractivity contribution in [2.75, 3.05) is 5.32 Å². The first-order valence-corrected chi connectivity index (χ1v) is 8.28.